The van der Waals surface area contributed by atoms with Gasteiger partial charge in [-0.25, -0.2) is 13.1 Å². The summed E-state index contributed by atoms with van der Waals surface area (Å²) in [6, 6.07) is 3.49. The number of carbonyl (C=O) groups is 1. The smallest absolute Gasteiger partial charge is 0.281 e. The highest BCUT2D eigenvalue weighted by Crippen LogP contribution is 2.25. The van der Waals surface area contributed by atoms with E-state index >= 15 is 0 Å². The van der Waals surface area contributed by atoms with Gasteiger partial charge in [-0.1, -0.05) is 6.42 Å². The van der Waals surface area contributed by atoms with E-state index in [1.165, 1.54) is 0 Å². The Hall–Kier alpha value is -1.30. The van der Waals surface area contributed by atoms with Gasteiger partial charge in [0.05, 0.1) is 5.25 Å². The molecule has 1 aliphatic carbocycles. The van der Waals surface area contributed by atoms with Crippen LogP contribution in [-0.4, -0.2) is 24.1 Å². The van der Waals surface area contributed by atoms with Gasteiger partial charge in [-0.3, -0.25) is 4.79 Å². The summed E-state index contributed by atoms with van der Waals surface area (Å²) < 4.78 is 27.6. The van der Waals surface area contributed by atoms with Gasteiger partial charge in [0.15, 0.2) is 0 Å². The van der Waals surface area contributed by atoms with Crippen molar-refractivity contribution in [1.29, 1.82) is 0 Å². The lowest BCUT2D eigenvalue weighted by molar-refractivity contribution is 0.0970. The Morgan fingerprint density at radius 1 is 1.44 bits per heavy atom. The molecule has 1 amide bonds. The maximum atomic E-state index is 12.0. The predicted molar refractivity (Wildman–Crippen MR) is 68.8 cm³/mol. The predicted octanol–water partition coefficient (Wildman–Crippen LogP) is 1.68. The molecule has 1 aromatic rings. The van der Waals surface area contributed by atoms with Crippen molar-refractivity contribution in [2.24, 2.45) is 0 Å². The van der Waals surface area contributed by atoms with E-state index in [-0.39, 0.29) is 6.04 Å². The summed E-state index contributed by atoms with van der Waals surface area (Å²) in [7, 11) is -3.50. The highest BCUT2D eigenvalue weighted by Gasteiger charge is 2.33. The lowest BCUT2D eigenvalue weighted by Gasteiger charge is -2.25. The molecule has 5 nitrogen and oxygen atoms in total. The number of nitrogens with zero attached hydrogens (tertiary/aromatic N) is 1. The number of amides is 1. The number of rotatable bonds is 4. The molecule has 1 N–H and O–H groups in total. The Labute approximate surface area is 107 Å². The molecule has 1 aromatic heterocycles. The number of hydrogen-bond donors (Lipinski definition) is 1. The third-order valence-corrected chi connectivity index (χ3v) is 5.11. The van der Waals surface area contributed by atoms with E-state index in [2.05, 4.69) is 4.72 Å². The van der Waals surface area contributed by atoms with Gasteiger partial charge in [0.25, 0.3) is 5.91 Å². The van der Waals surface area contributed by atoms with E-state index in [1.54, 1.807) is 22.9 Å². The molecule has 0 spiro atoms. The van der Waals surface area contributed by atoms with E-state index in [0.717, 1.165) is 6.42 Å². The largest absolute Gasteiger partial charge is 0.341 e. The van der Waals surface area contributed by atoms with Crippen LogP contribution in [0.15, 0.2) is 18.3 Å². The number of nitrogens with one attached hydrogen (secondary N) is 1. The van der Waals surface area contributed by atoms with Crippen molar-refractivity contribution < 1.29 is 13.2 Å². The molecule has 0 bridgehead atoms. The standard InChI is InChI=1S/C12H18N2O3S/c1-9(2)14-8-4-7-11(14)12(15)13-18(16,17)10-5-3-6-10/h4,7-10H,3,5-6H2,1-2H3,(H,13,15). The Bertz CT molecular complexity index is 541. The summed E-state index contributed by atoms with van der Waals surface area (Å²) >= 11 is 0. The third kappa shape index (κ3) is 2.43. The maximum absolute atomic E-state index is 12.0. The zero-order valence-corrected chi connectivity index (χ0v) is 11.4. The van der Waals surface area contributed by atoms with Crippen LogP contribution in [0.2, 0.25) is 0 Å². The van der Waals surface area contributed by atoms with Crippen LogP contribution >= 0.6 is 0 Å². The fourth-order valence-electron chi connectivity index (χ4n) is 1.98. The first kappa shape index (κ1) is 13.1. The first-order valence-corrected chi connectivity index (χ1v) is 7.69. The topological polar surface area (TPSA) is 68.2 Å². The van der Waals surface area contributed by atoms with Crippen molar-refractivity contribution in [3.05, 3.63) is 24.0 Å². The highest BCUT2D eigenvalue weighted by atomic mass is 32.2. The van der Waals surface area contributed by atoms with Gasteiger partial charge >= 0.3 is 0 Å². The van der Waals surface area contributed by atoms with E-state index in [9.17, 15) is 13.2 Å². The van der Waals surface area contributed by atoms with Crippen LogP contribution < -0.4 is 4.72 Å². The van der Waals surface area contributed by atoms with Crippen LogP contribution in [-0.2, 0) is 10.0 Å². The van der Waals surface area contributed by atoms with Crippen LogP contribution in [0, 0.1) is 0 Å². The molecule has 1 aliphatic rings. The SMILES string of the molecule is CC(C)n1cccc1C(=O)NS(=O)(=O)C1CCC1. The van der Waals surface area contributed by atoms with Crippen molar-refractivity contribution in [3.63, 3.8) is 0 Å². The van der Waals surface area contributed by atoms with E-state index < -0.39 is 21.2 Å². The average molecular weight is 270 g/mol. The van der Waals surface area contributed by atoms with E-state index in [0.29, 0.717) is 18.5 Å². The van der Waals surface area contributed by atoms with E-state index in [1.807, 2.05) is 13.8 Å². The Kier molecular flexibility index (Phi) is 3.47. The molecule has 18 heavy (non-hydrogen) atoms. The first-order chi connectivity index (χ1) is 8.42. The van der Waals surface area contributed by atoms with Crippen molar-refractivity contribution in [2.75, 3.05) is 0 Å². The lowest BCUT2D eigenvalue weighted by Crippen LogP contribution is -2.42. The van der Waals surface area contributed by atoms with Crippen molar-refractivity contribution in [1.82, 2.24) is 9.29 Å². The summed E-state index contributed by atoms with van der Waals surface area (Å²) in [6.07, 6.45) is 3.99. The van der Waals surface area contributed by atoms with Crippen molar-refractivity contribution in [2.45, 2.75) is 44.4 Å². The normalized spacial score (nSPS) is 16.6. The molecule has 100 valence electrons. The Morgan fingerprint density at radius 3 is 2.61 bits per heavy atom. The number of hydrogen-bond acceptors (Lipinski definition) is 3. The van der Waals surface area contributed by atoms with Crippen LogP contribution in [0.25, 0.3) is 0 Å². The first-order valence-electron chi connectivity index (χ1n) is 6.14. The maximum Gasteiger partial charge on any atom is 0.281 e. The quantitative estimate of drug-likeness (QED) is 0.905. The summed E-state index contributed by atoms with van der Waals surface area (Å²) in [5.41, 5.74) is 0.382. The second-order valence-electron chi connectivity index (χ2n) is 4.92. The zero-order chi connectivity index (χ0) is 13.3. The van der Waals surface area contributed by atoms with Crippen LogP contribution in [0.1, 0.15) is 49.6 Å². The fourth-order valence-corrected chi connectivity index (χ4v) is 3.47. The van der Waals surface area contributed by atoms with Crippen LogP contribution in [0.3, 0.4) is 0 Å². The van der Waals surface area contributed by atoms with Crippen LogP contribution in [0.5, 0.6) is 0 Å². The zero-order valence-electron chi connectivity index (χ0n) is 10.6. The van der Waals surface area contributed by atoms with Crippen molar-refractivity contribution in [3.8, 4) is 0 Å². The van der Waals surface area contributed by atoms with Gasteiger partial charge in [-0.15, -0.1) is 0 Å². The van der Waals surface area contributed by atoms with E-state index in [4.69, 9.17) is 0 Å². The molecule has 6 heteroatoms. The summed E-state index contributed by atoms with van der Waals surface area (Å²) in [4.78, 5) is 12.0. The van der Waals surface area contributed by atoms with Crippen LogP contribution in [0.4, 0.5) is 0 Å². The van der Waals surface area contributed by atoms with Gasteiger partial charge in [-0.2, -0.15) is 0 Å². The molecule has 2 rings (SSSR count). The second-order valence-corrected chi connectivity index (χ2v) is 6.88. The third-order valence-electron chi connectivity index (χ3n) is 3.29. The molecular formula is C12H18N2O3S. The van der Waals surface area contributed by atoms with Gasteiger partial charge in [0.1, 0.15) is 5.69 Å². The monoisotopic (exact) mass is 270 g/mol. The number of aromatic nitrogens is 1. The number of sulfonamides is 1. The molecule has 1 heterocycles. The molecule has 0 atom stereocenters. The molecule has 0 aromatic carbocycles. The van der Waals surface area contributed by atoms with Gasteiger partial charge < -0.3 is 4.57 Å². The summed E-state index contributed by atoms with van der Waals surface area (Å²) in [5.74, 6) is -0.541. The molecular weight excluding hydrogens is 252 g/mol. The molecule has 0 radical (unpaired) electrons. The number of carbonyl (C=O) groups excluding carboxylic acids is 1. The Morgan fingerprint density at radius 2 is 2.11 bits per heavy atom. The molecule has 1 saturated carbocycles. The minimum atomic E-state index is -3.50. The van der Waals surface area contributed by atoms with Gasteiger partial charge in [0, 0.05) is 12.2 Å². The minimum absolute atomic E-state index is 0.118. The summed E-state index contributed by atoms with van der Waals surface area (Å²) in [5, 5.41) is -0.399. The molecule has 1 fully saturated rings. The highest BCUT2D eigenvalue weighted by molar-refractivity contribution is 7.90. The van der Waals surface area contributed by atoms with Crippen molar-refractivity contribution >= 4 is 15.9 Å². The minimum Gasteiger partial charge on any atom is -0.341 e. The fraction of sp³-hybridized carbons (Fsp3) is 0.583. The Balaban J connectivity index is 2.14. The van der Waals surface area contributed by atoms with Gasteiger partial charge in [0.2, 0.25) is 10.0 Å². The van der Waals surface area contributed by atoms with Gasteiger partial charge in [-0.05, 0) is 38.8 Å². The second kappa shape index (κ2) is 4.76. The average Bonchev–Trinajstić information content (AvgIpc) is 2.60. The molecule has 0 aliphatic heterocycles. The molecule has 0 saturated heterocycles. The summed E-state index contributed by atoms with van der Waals surface area (Å²) in [6.45, 7) is 3.88. The molecule has 0 unspecified atom stereocenters. The lowest BCUT2D eigenvalue weighted by atomic mass is 10.0.